The van der Waals surface area contributed by atoms with Crippen LogP contribution in [-0.2, 0) is 19.4 Å². The summed E-state index contributed by atoms with van der Waals surface area (Å²) in [5, 5.41) is 0. The second kappa shape index (κ2) is 9.08. The lowest BCUT2D eigenvalue weighted by atomic mass is 10.3. The van der Waals surface area contributed by atoms with Gasteiger partial charge < -0.3 is 4.74 Å². The number of hydrogen-bond acceptors (Lipinski definition) is 5. The molecule has 2 amide bonds. The number of hydrogen-bond donors (Lipinski definition) is 2. The Morgan fingerprint density at radius 1 is 0.926 bits per heavy atom. The number of para-hydroxylation sites is 1. The molecule has 0 atom stereocenters. The number of sulfone groups is 1. The van der Waals surface area contributed by atoms with Crippen LogP contribution in [0.15, 0.2) is 53.4 Å². The van der Waals surface area contributed by atoms with E-state index in [2.05, 4.69) is 0 Å². The van der Waals surface area contributed by atoms with E-state index in [1.807, 2.05) is 10.9 Å². The van der Waals surface area contributed by atoms with Crippen LogP contribution in [0.25, 0.3) is 0 Å². The largest absolute Gasteiger partial charge is 0.481 e. The van der Waals surface area contributed by atoms with Crippen molar-refractivity contribution in [2.24, 2.45) is 0 Å². The molecule has 0 aromatic heterocycles. The van der Waals surface area contributed by atoms with E-state index in [4.69, 9.17) is 4.74 Å². The highest BCUT2D eigenvalue weighted by atomic mass is 32.2. The van der Waals surface area contributed by atoms with Gasteiger partial charge in [-0.15, -0.1) is 0 Å². The Kier molecular flexibility index (Phi) is 6.83. The fraction of sp³-hybridized carbons (Fsp3) is 0.176. The van der Waals surface area contributed by atoms with Crippen molar-refractivity contribution >= 4 is 21.7 Å². The van der Waals surface area contributed by atoms with Crippen LogP contribution in [-0.4, -0.2) is 32.6 Å². The first-order valence-corrected chi connectivity index (χ1v) is 9.36. The second-order valence-electron chi connectivity index (χ2n) is 5.34. The van der Waals surface area contributed by atoms with Gasteiger partial charge in [-0.3, -0.25) is 20.4 Å². The van der Waals surface area contributed by atoms with Gasteiger partial charge in [-0.25, -0.2) is 17.2 Å². The lowest BCUT2D eigenvalue weighted by molar-refractivity contribution is -0.129. The molecule has 0 heterocycles. The Morgan fingerprint density at radius 3 is 2.22 bits per heavy atom. The van der Waals surface area contributed by atoms with Crippen LogP contribution in [0.5, 0.6) is 5.75 Å². The summed E-state index contributed by atoms with van der Waals surface area (Å²) in [4.78, 5) is 23.1. The van der Waals surface area contributed by atoms with E-state index in [-0.39, 0.29) is 10.6 Å². The first-order chi connectivity index (χ1) is 12.8. The van der Waals surface area contributed by atoms with E-state index in [0.29, 0.717) is 0 Å². The van der Waals surface area contributed by atoms with Crippen LogP contribution in [0.4, 0.5) is 8.78 Å². The number of ether oxygens (including phenoxy) is 1. The molecule has 2 aromatic carbocycles. The van der Waals surface area contributed by atoms with E-state index >= 15 is 0 Å². The molecular formula is C17H16F2N2O5S. The summed E-state index contributed by atoms with van der Waals surface area (Å²) in [5.74, 6) is -3.36. The molecule has 0 aliphatic rings. The zero-order valence-corrected chi connectivity index (χ0v) is 14.8. The standard InChI is InChI=1S/C17H16F2N2O5S/c18-12-5-7-13(8-6-12)27(24,25)10-9-16(22)20-21-17(23)11-26-15-4-2-1-3-14(15)19/h1-8H,9-11H2,(H,20,22)(H,21,23). The van der Waals surface area contributed by atoms with Gasteiger partial charge in [0.05, 0.1) is 10.6 Å². The van der Waals surface area contributed by atoms with Crippen LogP contribution in [0.3, 0.4) is 0 Å². The number of carbonyl (C=O) groups excluding carboxylic acids is 2. The summed E-state index contributed by atoms with van der Waals surface area (Å²) >= 11 is 0. The maximum absolute atomic E-state index is 13.3. The fourth-order valence-corrected chi connectivity index (χ4v) is 3.17. The predicted octanol–water partition coefficient (Wildman–Crippen LogP) is 1.35. The Balaban J connectivity index is 1.74. The molecule has 144 valence electrons. The summed E-state index contributed by atoms with van der Waals surface area (Å²) in [5.41, 5.74) is 4.06. The van der Waals surface area contributed by atoms with E-state index in [1.165, 1.54) is 18.2 Å². The molecule has 0 spiro atoms. The van der Waals surface area contributed by atoms with Gasteiger partial charge in [0.2, 0.25) is 5.91 Å². The number of carbonyl (C=O) groups is 2. The van der Waals surface area contributed by atoms with Crippen molar-refractivity contribution in [3.05, 3.63) is 60.2 Å². The molecule has 0 fully saturated rings. The highest BCUT2D eigenvalue weighted by Gasteiger charge is 2.17. The molecule has 0 radical (unpaired) electrons. The molecule has 0 aliphatic heterocycles. The third kappa shape index (κ3) is 6.33. The quantitative estimate of drug-likeness (QED) is 0.542. The highest BCUT2D eigenvalue weighted by molar-refractivity contribution is 7.91. The maximum atomic E-state index is 13.3. The molecule has 0 saturated heterocycles. The van der Waals surface area contributed by atoms with Crippen molar-refractivity contribution in [1.29, 1.82) is 0 Å². The number of rotatable bonds is 7. The summed E-state index contributed by atoms with van der Waals surface area (Å²) < 4.78 is 55.2. The lowest BCUT2D eigenvalue weighted by Crippen LogP contribution is -2.44. The molecule has 7 nitrogen and oxygen atoms in total. The van der Waals surface area contributed by atoms with Gasteiger partial charge in [-0.05, 0) is 36.4 Å². The maximum Gasteiger partial charge on any atom is 0.276 e. The summed E-state index contributed by atoms with van der Waals surface area (Å²) in [6.07, 6.45) is -0.422. The molecule has 10 heteroatoms. The third-order valence-corrected chi connectivity index (χ3v) is 5.04. The monoisotopic (exact) mass is 398 g/mol. The molecule has 2 rings (SSSR count). The average Bonchev–Trinajstić information content (AvgIpc) is 2.64. The van der Waals surface area contributed by atoms with Crippen LogP contribution < -0.4 is 15.6 Å². The van der Waals surface area contributed by atoms with Crippen molar-refractivity contribution in [2.45, 2.75) is 11.3 Å². The van der Waals surface area contributed by atoms with Gasteiger partial charge in [-0.2, -0.15) is 0 Å². The lowest BCUT2D eigenvalue weighted by Gasteiger charge is -2.09. The minimum atomic E-state index is -3.77. The minimum Gasteiger partial charge on any atom is -0.481 e. The first-order valence-electron chi connectivity index (χ1n) is 7.71. The van der Waals surface area contributed by atoms with Crippen molar-refractivity contribution in [3.8, 4) is 5.75 Å². The average molecular weight is 398 g/mol. The van der Waals surface area contributed by atoms with E-state index in [9.17, 15) is 26.8 Å². The first kappa shape index (κ1) is 20.3. The Morgan fingerprint density at radius 2 is 1.56 bits per heavy atom. The van der Waals surface area contributed by atoms with Gasteiger partial charge in [0.1, 0.15) is 5.82 Å². The molecule has 0 saturated carbocycles. The Bertz CT molecular complexity index is 917. The molecule has 0 aliphatic carbocycles. The van der Waals surface area contributed by atoms with E-state index in [0.717, 1.165) is 30.3 Å². The van der Waals surface area contributed by atoms with Crippen molar-refractivity contribution in [3.63, 3.8) is 0 Å². The van der Waals surface area contributed by atoms with E-state index < -0.39 is 52.1 Å². The van der Waals surface area contributed by atoms with Crippen molar-refractivity contribution in [1.82, 2.24) is 10.9 Å². The zero-order valence-electron chi connectivity index (χ0n) is 13.9. The van der Waals surface area contributed by atoms with Crippen LogP contribution >= 0.6 is 0 Å². The summed E-state index contributed by atoms with van der Waals surface area (Å²) in [6.45, 7) is -0.547. The SMILES string of the molecule is O=C(CCS(=O)(=O)c1ccc(F)cc1)NNC(=O)COc1ccccc1F. The van der Waals surface area contributed by atoms with Gasteiger partial charge in [0.15, 0.2) is 28.0 Å². The van der Waals surface area contributed by atoms with Crippen LogP contribution in [0, 0.1) is 11.6 Å². The zero-order chi connectivity index (χ0) is 19.9. The van der Waals surface area contributed by atoms with Crippen molar-refractivity contribution in [2.75, 3.05) is 12.4 Å². The highest BCUT2D eigenvalue weighted by Crippen LogP contribution is 2.15. The number of halogens is 2. The number of hydrazine groups is 1. The number of benzene rings is 2. The predicted molar refractivity (Wildman–Crippen MR) is 91.3 cm³/mol. The van der Waals surface area contributed by atoms with Crippen LogP contribution in [0.1, 0.15) is 6.42 Å². The minimum absolute atomic E-state index is 0.112. The van der Waals surface area contributed by atoms with Gasteiger partial charge >= 0.3 is 0 Å². The van der Waals surface area contributed by atoms with Gasteiger partial charge in [0.25, 0.3) is 5.91 Å². The Labute approximate surface area is 154 Å². The smallest absolute Gasteiger partial charge is 0.276 e. The Hall–Kier alpha value is -3.01. The molecule has 0 bridgehead atoms. The fourth-order valence-electron chi connectivity index (χ4n) is 1.93. The summed E-state index contributed by atoms with van der Waals surface area (Å²) in [7, 11) is -3.77. The topological polar surface area (TPSA) is 102 Å². The number of nitrogens with one attached hydrogen (secondary N) is 2. The third-order valence-electron chi connectivity index (χ3n) is 3.31. The summed E-state index contributed by atoms with van der Waals surface area (Å²) in [6, 6.07) is 9.69. The molecule has 2 aromatic rings. The van der Waals surface area contributed by atoms with Crippen molar-refractivity contribution < 1.29 is 31.5 Å². The number of amides is 2. The molecule has 2 N–H and O–H groups in total. The van der Waals surface area contributed by atoms with Gasteiger partial charge in [-0.1, -0.05) is 12.1 Å². The van der Waals surface area contributed by atoms with Crippen LogP contribution in [0.2, 0.25) is 0 Å². The van der Waals surface area contributed by atoms with Gasteiger partial charge in [0, 0.05) is 6.42 Å². The second-order valence-corrected chi connectivity index (χ2v) is 7.45. The molecular weight excluding hydrogens is 382 g/mol. The normalized spacial score (nSPS) is 10.9. The molecule has 0 unspecified atom stereocenters. The van der Waals surface area contributed by atoms with E-state index in [1.54, 1.807) is 0 Å². The molecule has 27 heavy (non-hydrogen) atoms.